The molecule has 5 heteroatoms. The molecule has 0 aromatic heterocycles. The predicted molar refractivity (Wildman–Crippen MR) is 78.4 cm³/mol. The van der Waals surface area contributed by atoms with Crippen LogP contribution in [0.5, 0.6) is 0 Å². The van der Waals surface area contributed by atoms with Gasteiger partial charge in [-0.05, 0) is 37.5 Å². The van der Waals surface area contributed by atoms with Gasteiger partial charge in [-0.2, -0.15) is 0 Å². The maximum atomic E-state index is 12.3. The lowest BCUT2D eigenvalue weighted by Gasteiger charge is -2.38. The summed E-state index contributed by atoms with van der Waals surface area (Å²) >= 11 is 0. The van der Waals surface area contributed by atoms with Gasteiger partial charge < -0.3 is 15.4 Å². The highest BCUT2D eigenvalue weighted by Crippen LogP contribution is 2.24. The van der Waals surface area contributed by atoms with Gasteiger partial charge in [0.1, 0.15) is 0 Å². The second kappa shape index (κ2) is 8.08. The van der Waals surface area contributed by atoms with E-state index in [1.54, 1.807) is 0 Å². The lowest BCUT2D eigenvalue weighted by Crippen LogP contribution is -2.49. The first-order valence-corrected chi connectivity index (χ1v) is 7.28. The average Bonchev–Trinajstić information content (AvgIpc) is 2.88. The van der Waals surface area contributed by atoms with Gasteiger partial charge in [0.05, 0.1) is 0 Å². The van der Waals surface area contributed by atoms with Crippen LogP contribution >= 0.6 is 12.4 Å². The Bertz CT molecular complexity index is 283. The summed E-state index contributed by atoms with van der Waals surface area (Å²) in [5.74, 6) is 1.59. The molecule has 2 fully saturated rings. The maximum Gasteiger partial charge on any atom is 0.222 e. The normalized spacial score (nSPS) is 31.1. The monoisotopic (exact) mass is 290 g/mol. The van der Waals surface area contributed by atoms with Crippen molar-refractivity contribution in [2.24, 2.45) is 17.6 Å². The number of halogens is 1. The first-order valence-electron chi connectivity index (χ1n) is 7.28. The van der Waals surface area contributed by atoms with Gasteiger partial charge in [0.15, 0.2) is 0 Å². The summed E-state index contributed by atoms with van der Waals surface area (Å²) in [5.41, 5.74) is 5.80. The summed E-state index contributed by atoms with van der Waals surface area (Å²) < 4.78 is 5.35. The molecule has 1 amide bonds. The molecule has 2 rings (SSSR count). The number of nitrogens with zero attached hydrogens (tertiary/aromatic N) is 1. The van der Waals surface area contributed by atoms with Gasteiger partial charge in [-0.3, -0.25) is 4.79 Å². The maximum absolute atomic E-state index is 12.3. The van der Waals surface area contributed by atoms with E-state index >= 15 is 0 Å². The molecular formula is C14H27ClN2O2. The quantitative estimate of drug-likeness (QED) is 0.859. The molecule has 3 unspecified atom stereocenters. The van der Waals surface area contributed by atoms with Crippen LogP contribution in [0.1, 0.15) is 39.0 Å². The van der Waals surface area contributed by atoms with Crippen LogP contribution in [-0.4, -0.2) is 43.2 Å². The summed E-state index contributed by atoms with van der Waals surface area (Å²) in [5, 5.41) is 0. The standard InChI is InChI=1S/C14H26N2O2.ClH/c1-11-4-6-16(13(8-11)9-15)14(17)3-2-12-5-7-18-10-12;/h11-13H,2-10,15H2,1H3;1H. The number of carbonyl (C=O) groups is 1. The third-order valence-electron chi connectivity index (χ3n) is 4.36. The Morgan fingerprint density at radius 2 is 2.21 bits per heavy atom. The Kier molecular flexibility index (Phi) is 7.11. The van der Waals surface area contributed by atoms with Gasteiger partial charge in [0, 0.05) is 38.8 Å². The number of nitrogens with two attached hydrogens (primary N) is 1. The Hall–Kier alpha value is -0.320. The molecule has 2 N–H and O–H groups in total. The lowest BCUT2D eigenvalue weighted by molar-refractivity contribution is -0.135. The molecule has 0 spiro atoms. The third-order valence-corrected chi connectivity index (χ3v) is 4.36. The lowest BCUT2D eigenvalue weighted by atomic mass is 9.91. The van der Waals surface area contributed by atoms with Crippen molar-refractivity contribution in [1.29, 1.82) is 0 Å². The molecule has 112 valence electrons. The minimum absolute atomic E-state index is 0. The first kappa shape index (κ1) is 16.7. The van der Waals surface area contributed by atoms with Crippen LogP contribution in [0.4, 0.5) is 0 Å². The fourth-order valence-corrected chi connectivity index (χ4v) is 3.09. The van der Waals surface area contributed by atoms with E-state index in [9.17, 15) is 4.79 Å². The fraction of sp³-hybridized carbons (Fsp3) is 0.929. The van der Waals surface area contributed by atoms with E-state index in [1.165, 1.54) is 0 Å². The summed E-state index contributed by atoms with van der Waals surface area (Å²) in [6.45, 7) is 5.45. The molecule has 0 aliphatic carbocycles. The molecular weight excluding hydrogens is 264 g/mol. The molecule has 2 heterocycles. The van der Waals surface area contributed by atoms with Gasteiger partial charge >= 0.3 is 0 Å². The van der Waals surface area contributed by atoms with E-state index in [1.807, 2.05) is 4.90 Å². The molecule has 2 aliphatic heterocycles. The minimum Gasteiger partial charge on any atom is -0.381 e. The van der Waals surface area contributed by atoms with E-state index in [0.717, 1.165) is 45.4 Å². The van der Waals surface area contributed by atoms with Crippen molar-refractivity contribution in [2.75, 3.05) is 26.3 Å². The second-order valence-electron chi connectivity index (χ2n) is 5.87. The molecule has 0 aromatic rings. The Morgan fingerprint density at radius 3 is 2.84 bits per heavy atom. The summed E-state index contributed by atoms with van der Waals surface area (Å²) in [6.07, 6.45) is 4.94. The largest absolute Gasteiger partial charge is 0.381 e. The van der Waals surface area contributed by atoms with E-state index in [4.69, 9.17) is 10.5 Å². The molecule has 0 radical (unpaired) electrons. The van der Waals surface area contributed by atoms with Crippen LogP contribution in [-0.2, 0) is 9.53 Å². The molecule has 0 bridgehead atoms. The zero-order valence-corrected chi connectivity index (χ0v) is 12.7. The smallest absolute Gasteiger partial charge is 0.222 e. The van der Waals surface area contributed by atoms with Crippen molar-refractivity contribution in [3.63, 3.8) is 0 Å². The van der Waals surface area contributed by atoms with Crippen molar-refractivity contribution in [1.82, 2.24) is 4.90 Å². The van der Waals surface area contributed by atoms with Gasteiger partial charge in [-0.1, -0.05) is 6.92 Å². The van der Waals surface area contributed by atoms with Crippen LogP contribution < -0.4 is 5.73 Å². The zero-order valence-electron chi connectivity index (χ0n) is 11.8. The average molecular weight is 291 g/mol. The Balaban J connectivity index is 0.00000180. The van der Waals surface area contributed by atoms with Crippen molar-refractivity contribution in [3.05, 3.63) is 0 Å². The molecule has 0 saturated carbocycles. The second-order valence-corrected chi connectivity index (χ2v) is 5.87. The SMILES string of the molecule is CC1CCN(C(=O)CCC2CCOC2)C(CN)C1.Cl. The Labute approximate surface area is 122 Å². The van der Waals surface area contributed by atoms with E-state index in [0.29, 0.717) is 30.7 Å². The van der Waals surface area contributed by atoms with Crippen molar-refractivity contribution < 1.29 is 9.53 Å². The Morgan fingerprint density at radius 1 is 1.42 bits per heavy atom. The number of carbonyl (C=O) groups excluding carboxylic acids is 1. The van der Waals surface area contributed by atoms with Gasteiger partial charge in [-0.25, -0.2) is 0 Å². The highest BCUT2D eigenvalue weighted by Gasteiger charge is 2.29. The van der Waals surface area contributed by atoms with E-state index in [2.05, 4.69) is 6.92 Å². The molecule has 0 aromatic carbocycles. The number of ether oxygens (including phenoxy) is 1. The molecule has 2 aliphatic rings. The van der Waals surface area contributed by atoms with Crippen LogP contribution in [0.3, 0.4) is 0 Å². The topological polar surface area (TPSA) is 55.6 Å². The number of amides is 1. The summed E-state index contributed by atoms with van der Waals surface area (Å²) in [6, 6.07) is 0.265. The molecule has 19 heavy (non-hydrogen) atoms. The number of likely N-dealkylation sites (tertiary alicyclic amines) is 1. The van der Waals surface area contributed by atoms with Gasteiger partial charge in [0.2, 0.25) is 5.91 Å². The highest BCUT2D eigenvalue weighted by molar-refractivity contribution is 5.85. The summed E-state index contributed by atoms with van der Waals surface area (Å²) in [4.78, 5) is 14.3. The van der Waals surface area contributed by atoms with Crippen molar-refractivity contribution in [3.8, 4) is 0 Å². The number of rotatable bonds is 4. The minimum atomic E-state index is 0. The number of hydrogen-bond donors (Lipinski definition) is 1. The van der Waals surface area contributed by atoms with Crippen LogP contribution in [0, 0.1) is 11.8 Å². The number of hydrogen-bond acceptors (Lipinski definition) is 3. The van der Waals surface area contributed by atoms with Crippen LogP contribution in [0.25, 0.3) is 0 Å². The van der Waals surface area contributed by atoms with Crippen LogP contribution in [0.2, 0.25) is 0 Å². The summed E-state index contributed by atoms with van der Waals surface area (Å²) in [7, 11) is 0. The van der Waals surface area contributed by atoms with Crippen molar-refractivity contribution >= 4 is 18.3 Å². The van der Waals surface area contributed by atoms with Gasteiger partial charge in [0.25, 0.3) is 0 Å². The molecule has 2 saturated heterocycles. The van der Waals surface area contributed by atoms with E-state index < -0.39 is 0 Å². The number of piperidine rings is 1. The zero-order chi connectivity index (χ0) is 13.0. The third kappa shape index (κ3) is 4.62. The molecule has 3 atom stereocenters. The molecule has 4 nitrogen and oxygen atoms in total. The van der Waals surface area contributed by atoms with E-state index in [-0.39, 0.29) is 18.4 Å². The first-order chi connectivity index (χ1) is 8.70. The predicted octanol–water partition coefficient (Wildman–Crippen LogP) is 1.81. The van der Waals surface area contributed by atoms with Crippen molar-refractivity contribution in [2.45, 2.75) is 45.1 Å². The van der Waals surface area contributed by atoms with Gasteiger partial charge in [-0.15, -0.1) is 12.4 Å². The fourth-order valence-electron chi connectivity index (χ4n) is 3.09. The van der Waals surface area contributed by atoms with Crippen LogP contribution in [0.15, 0.2) is 0 Å². The highest BCUT2D eigenvalue weighted by atomic mass is 35.5.